The van der Waals surface area contributed by atoms with Crippen LogP contribution in [0, 0.1) is 11.8 Å². The number of rotatable bonds is 3. The fraction of sp³-hybridized carbons (Fsp3) is 0.385. The van der Waals surface area contributed by atoms with Crippen LogP contribution in [-0.2, 0) is 6.42 Å². The third-order valence-electron chi connectivity index (χ3n) is 1.97. The van der Waals surface area contributed by atoms with E-state index < -0.39 is 0 Å². The third-order valence-corrected chi connectivity index (χ3v) is 1.97. The van der Waals surface area contributed by atoms with E-state index in [4.69, 9.17) is 5.73 Å². The van der Waals surface area contributed by atoms with E-state index in [-0.39, 0.29) is 0 Å². The standard InChI is InChI=1S/C13H17N/c1-2-6-12-8-5-9-13(11-12)7-3-4-10-14/h5,8-9,11H,2,4,6,10,14H2,1H3. The van der Waals surface area contributed by atoms with Crippen molar-refractivity contribution in [2.45, 2.75) is 26.2 Å². The molecular weight excluding hydrogens is 170 g/mol. The first-order chi connectivity index (χ1) is 6.86. The molecule has 0 atom stereocenters. The van der Waals surface area contributed by atoms with E-state index in [0.717, 1.165) is 18.4 Å². The molecule has 1 aromatic rings. The topological polar surface area (TPSA) is 26.0 Å². The van der Waals surface area contributed by atoms with Crippen LogP contribution >= 0.6 is 0 Å². The van der Waals surface area contributed by atoms with Crippen LogP contribution in [0.2, 0.25) is 0 Å². The van der Waals surface area contributed by atoms with Gasteiger partial charge in [-0.15, -0.1) is 0 Å². The van der Waals surface area contributed by atoms with Gasteiger partial charge in [0.25, 0.3) is 0 Å². The molecule has 1 rings (SSSR count). The summed E-state index contributed by atoms with van der Waals surface area (Å²) in [5, 5.41) is 0. The van der Waals surface area contributed by atoms with Crippen molar-refractivity contribution in [3.05, 3.63) is 35.4 Å². The summed E-state index contributed by atoms with van der Waals surface area (Å²) < 4.78 is 0. The minimum Gasteiger partial charge on any atom is -0.330 e. The van der Waals surface area contributed by atoms with E-state index in [2.05, 4.69) is 37.0 Å². The van der Waals surface area contributed by atoms with E-state index in [0.29, 0.717) is 6.54 Å². The van der Waals surface area contributed by atoms with E-state index in [1.54, 1.807) is 0 Å². The molecule has 1 heteroatoms. The molecule has 1 nitrogen and oxygen atoms in total. The van der Waals surface area contributed by atoms with Crippen molar-refractivity contribution in [1.29, 1.82) is 0 Å². The Balaban J connectivity index is 2.69. The van der Waals surface area contributed by atoms with Crippen LogP contribution in [0.4, 0.5) is 0 Å². The van der Waals surface area contributed by atoms with Crippen LogP contribution in [0.3, 0.4) is 0 Å². The van der Waals surface area contributed by atoms with Gasteiger partial charge in [0.1, 0.15) is 0 Å². The summed E-state index contributed by atoms with van der Waals surface area (Å²) in [6, 6.07) is 8.42. The number of hydrogen-bond donors (Lipinski definition) is 1. The summed E-state index contributed by atoms with van der Waals surface area (Å²) in [6.45, 7) is 2.83. The lowest BCUT2D eigenvalue weighted by atomic mass is 10.1. The zero-order valence-electron chi connectivity index (χ0n) is 8.72. The van der Waals surface area contributed by atoms with Crippen LogP contribution in [0.5, 0.6) is 0 Å². The lowest BCUT2D eigenvalue weighted by Gasteiger charge is -1.98. The first-order valence-corrected chi connectivity index (χ1v) is 5.14. The van der Waals surface area contributed by atoms with Gasteiger partial charge in [-0.1, -0.05) is 37.3 Å². The monoisotopic (exact) mass is 187 g/mol. The highest BCUT2D eigenvalue weighted by Crippen LogP contribution is 2.06. The van der Waals surface area contributed by atoms with E-state index in [1.807, 2.05) is 6.07 Å². The van der Waals surface area contributed by atoms with Crippen LogP contribution < -0.4 is 5.73 Å². The molecule has 0 spiro atoms. The van der Waals surface area contributed by atoms with E-state index in [9.17, 15) is 0 Å². The predicted molar refractivity (Wildman–Crippen MR) is 61.0 cm³/mol. The molecule has 2 N–H and O–H groups in total. The van der Waals surface area contributed by atoms with Crippen LogP contribution in [-0.4, -0.2) is 6.54 Å². The minimum atomic E-state index is 0.641. The van der Waals surface area contributed by atoms with Crippen LogP contribution in [0.25, 0.3) is 0 Å². The molecule has 0 aromatic heterocycles. The first kappa shape index (κ1) is 10.8. The van der Waals surface area contributed by atoms with E-state index in [1.165, 1.54) is 12.0 Å². The number of aryl methyl sites for hydroxylation is 1. The highest BCUT2D eigenvalue weighted by Gasteiger charge is 1.91. The highest BCUT2D eigenvalue weighted by molar-refractivity contribution is 5.37. The second kappa shape index (κ2) is 6.23. The number of benzene rings is 1. The Labute approximate surface area is 86.3 Å². The average molecular weight is 187 g/mol. The van der Waals surface area contributed by atoms with Gasteiger partial charge in [0.2, 0.25) is 0 Å². The van der Waals surface area contributed by atoms with Gasteiger partial charge in [-0.2, -0.15) is 0 Å². The average Bonchev–Trinajstić information content (AvgIpc) is 2.19. The van der Waals surface area contributed by atoms with Gasteiger partial charge in [0, 0.05) is 18.5 Å². The van der Waals surface area contributed by atoms with Crippen LogP contribution in [0.15, 0.2) is 24.3 Å². The molecular formula is C13H17N. The van der Waals surface area contributed by atoms with Gasteiger partial charge in [-0.25, -0.2) is 0 Å². The van der Waals surface area contributed by atoms with Crippen molar-refractivity contribution in [1.82, 2.24) is 0 Å². The van der Waals surface area contributed by atoms with Crippen molar-refractivity contribution < 1.29 is 0 Å². The first-order valence-electron chi connectivity index (χ1n) is 5.14. The second-order valence-electron chi connectivity index (χ2n) is 3.29. The highest BCUT2D eigenvalue weighted by atomic mass is 14.5. The Morgan fingerprint density at radius 3 is 2.93 bits per heavy atom. The Hall–Kier alpha value is -1.26. The van der Waals surface area contributed by atoms with Gasteiger partial charge < -0.3 is 5.73 Å². The summed E-state index contributed by atoms with van der Waals surface area (Å²) in [5.41, 5.74) is 7.84. The summed E-state index contributed by atoms with van der Waals surface area (Å²) in [5.74, 6) is 6.16. The smallest absolute Gasteiger partial charge is 0.0247 e. The molecule has 0 saturated carbocycles. The maximum absolute atomic E-state index is 5.37. The summed E-state index contributed by atoms with van der Waals surface area (Å²) >= 11 is 0. The fourth-order valence-corrected chi connectivity index (χ4v) is 1.33. The van der Waals surface area contributed by atoms with Gasteiger partial charge >= 0.3 is 0 Å². The number of hydrogen-bond acceptors (Lipinski definition) is 1. The SMILES string of the molecule is CCCc1cccc(C#CCCN)c1. The van der Waals surface area contributed by atoms with Gasteiger partial charge in [0.05, 0.1) is 0 Å². The van der Waals surface area contributed by atoms with Crippen molar-refractivity contribution in [2.24, 2.45) is 5.73 Å². The molecule has 1 aromatic carbocycles. The zero-order chi connectivity index (χ0) is 10.2. The molecule has 74 valence electrons. The molecule has 0 saturated heterocycles. The molecule has 0 unspecified atom stereocenters. The van der Waals surface area contributed by atoms with Crippen molar-refractivity contribution in [3.63, 3.8) is 0 Å². The molecule has 0 amide bonds. The van der Waals surface area contributed by atoms with Crippen molar-refractivity contribution >= 4 is 0 Å². The second-order valence-corrected chi connectivity index (χ2v) is 3.29. The largest absolute Gasteiger partial charge is 0.330 e. The minimum absolute atomic E-state index is 0.641. The Kier molecular flexibility index (Phi) is 4.82. The molecule has 0 fully saturated rings. The van der Waals surface area contributed by atoms with E-state index >= 15 is 0 Å². The Morgan fingerprint density at radius 2 is 2.21 bits per heavy atom. The molecule has 0 aliphatic rings. The molecule has 0 bridgehead atoms. The summed E-state index contributed by atoms with van der Waals surface area (Å²) in [6.07, 6.45) is 3.09. The third kappa shape index (κ3) is 3.64. The summed E-state index contributed by atoms with van der Waals surface area (Å²) in [4.78, 5) is 0. The van der Waals surface area contributed by atoms with Crippen molar-refractivity contribution in [3.8, 4) is 11.8 Å². The number of nitrogens with two attached hydrogens (primary N) is 1. The zero-order valence-corrected chi connectivity index (χ0v) is 8.72. The lowest BCUT2D eigenvalue weighted by Crippen LogP contribution is -1.95. The van der Waals surface area contributed by atoms with Crippen molar-refractivity contribution in [2.75, 3.05) is 6.54 Å². The summed E-state index contributed by atoms with van der Waals surface area (Å²) in [7, 11) is 0. The molecule has 0 heterocycles. The molecule has 14 heavy (non-hydrogen) atoms. The Bertz CT molecular complexity index is 331. The molecule has 0 aliphatic carbocycles. The normalized spacial score (nSPS) is 9.29. The maximum atomic E-state index is 5.37. The van der Waals surface area contributed by atoms with Gasteiger partial charge in [-0.05, 0) is 24.1 Å². The molecule has 0 radical (unpaired) electrons. The quantitative estimate of drug-likeness (QED) is 0.722. The Morgan fingerprint density at radius 1 is 1.36 bits per heavy atom. The molecule has 0 aliphatic heterocycles. The van der Waals surface area contributed by atoms with Gasteiger partial charge in [-0.3, -0.25) is 0 Å². The lowest BCUT2D eigenvalue weighted by molar-refractivity contribution is 0.921. The fourth-order valence-electron chi connectivity index (χ4n) is 1.33. The van der Waals surface area contributed by atoms with Crippen LogP contribution in [0.1, 0.15) is 30.9 Å². The van der Waals surface area contributed by atoms with Gasteiger partial charge in [0.15, 0.2) is 0 Å². The predicted octanol–water partition coefficient (Wildman–Crippen LogP) is 2.34. The maximum Gasteiger partial charge on any atom is 0.0247 e.